The maximum atomic E-state index is 12.6. The van der Waals surface area contributed by atoms with Crippen LogP contribution in [0.4, 0.5) is 5.69 Å². The van der Waals surface area contributed by atoms with Crippen LogP contribution in [0.5, 0.6) is 0 Å². The lowest BCUT2D eigenvalue weighted by Gasteiger charge is -2.26. The molecule has 3 nitrogen and oxygen atoms in total. The van der Waals surface area contributed by atoms with Gasteiger partial charge in [0.15, 0.2) is 0 Å². The minimum atomic E-state index is 0.306. The predicted octanol–water partition coefficient (Wildman–Crippen LogP) is 1.42. The number of hydrogen-bond donors (Lipinski definition) is 1. The normalized spacial score (nSPS) is 22.9. The van der Waals surface area contributed by atoms with E-state index in [4.69, 9.17) is 0 Å². The first-order valence-electron chi connectivity index (χ1n) is 7.99. The Morgan fingerprint density at radius 2 is 2.00 bits per heavy atom. The van der Waals surface area contributed by atoms with Gasteiger partial charge in [-0.15, -0.1) is 0 Å². The predicted molar refractivity (Wildman–Crippen MR) is 81.1 cm³/mol. The van der Waals surface area contributed by atoms with Gasteiger partial charge in [0.25, 0.3) is 0 Å². The fourth-order valence-electron chi connectivity index (χ4n) is 3.65. The number of carbonyl (C=O) groups is 1. The van der Waals surface area contributed by atoms with Crippen LogP contribution in [-0.2, 0) is 11.2 Å². The Bertz CT molecular complexity index is 480. The molecule has 1 aromatic carbocycles. The average Bonchev–Trinajstić information content (AvgIpc) is 2.82. The zero-order chi connectivity index (χ0) is 13.9. The number of benzene rings is 1. The summed E-state index contributed by atoms with van der Waals surface area (Å²) >= 11 is 0. The van der Waals surface area contributed by atoms with Gasteiger partial charge >= 0.3 is 0 Å². The van der Waals surface area contributed by atoms with E-state index in [1.807, 2.05) is 11.0 Å². The highest BCUT2D eigenvalue weighted by Crippen LogP contribution is 2.32. The number of rotatable bonds is 3. The van der Waals surface area contributed by atoms with Gasteiger partial charge in [0.05, 0.1) is 26.1 Å². The van der Waals surface area contributed by atoms with Crippen molar-refractivity contribution >= 4 is 11.6 Å². The Balaban J connectivity index is 1.62. The fraction of sp³-hybridized carbons (Fsp3) is 0.588. The number of para-hydroxylation sites is 1. The molecule has 0 bridgehead atoms. The fourth-order valence-corrected chi connectivity index (χ4v) is 3.65. The van der Waals surface area contributed by atoms with Gasteiger partial charge in [0, 0.05) is 11.7 Å². The number of amides is 1. The quantitative estimate of drug-likeness (QED) is 0.885. The number of nitrogens with zero attached hydrogens (tertiary/aromatic N) is 1. The minimum absolute atomic E-state index is 0.306. The standard InChI is InChI=1S/C17H24N2O/c1-14-13-15-7-3-4-8-16(15)19(14)17(20)9-12-18-10-5-2-6-11-18/h3-4,7-8,14H,2,5-6,9-13H2,1H3/p+1/t14-/m1/s1. The molecule has 20 heavy (non-hydrogen) atoms. The van der Waals surface area contributed by atoms with Crippen LogP contribution in [0.1, 0.15) is 38.2 Å². The third-order valence-electron chi connectivity index (χ3n) is 4.73. The molecule has 1 aromatic rings. The van der Waals surface area contributed by atoms with Gasteiger partial charge in [-0.2, -0.15) is 0 Å². The molecule has 3 heteroatoms. The molecule has 3 rings (SSSR count). The number of piperidine rings is 1. The Labute approximate surface area is 121 Å². The molecule has 2 aliphatic rings. The lowest BCUT2D eigenvalue weighted by Crippen LogP contribution is -3.12. The highest BCUT2D eigenvalue weighted by molar-refractivity contribution is 5.96. The summed E-state index contributed by atoms with van der Waals surface area (Å²) in [6, 6.07) is 8.65. The van der Waals surface area contributed by atoms with Crippen molar-refractivity contribution in [1.29, 1.82) is 0 Å². The number of hydrogen-bond acceptors (Lipinski definition) is 1. The van der Waals surface area contributed by atoms with Gasteiger partial charge in [0.2, 0.25) is 5.91 Å². The summed E-state index contributed by atoms with van der Waals surface area (Å²) in [5.41, 5.74) is 2.46. The molecular formula is C17H25N2O+. The Morgan fingerprint density at radius 1 is 1.25 bits per heavy atom. The molecule has 0 radical (unpaired) electrons. The molecule has 0 saturated carbocycles. The number of nitrogens with one attached hydrogen (secondary N) is 1. The van der Waals surface area contributed by atoms with E-state index < -0.39 is 0 Å². The summed E-state index contributed by atoms with van der Waals surface area (Å²) in [4.78, 5) is 16.2. The van der Waals surface area contributed by atoms with Crippen molar-refractivity contribution in [3.8, 4) is 0 Å². The molecule has 0 spiro atoms. The number of carbonyl (C=O) groups excluding carboxylic acids is 1. The van der Waals surface area contributed by atoms with Crippen molar-refractivity contribution in [1.82, 2.24) is 0 Å². The van der Waals surface area contributed by atoms with Crippen LogP contribution in [-0.4, -0.2) is 31.6 Å². The summed E-state index contributed by atoms with van der Waals surface area (Å²) in [6.07, 6.45) is 5.71. The van der Waals surface area contributed by atoms with Crippen molar-refractivity contribution < 1.29 is 9.69 Å². The van der Waals surface area contributed by atoms with Crippen LogP contribution < -0.4 is 9.80 Å². The van der Waals surface area contributed by atoms with Crippen molar-refractivity contribution in [3.63, 3.8) is 0 Å². The van der Waals surface area contributed by atoms with Crippen LogP contribution in [0.3, 0.4) is 0 Å². The topological polar surface area (TPSA) is 24.8 Å². The SMILES string of the molecule is C[C@@H]1Cc2ccccc2N1C(=O)CC[NH+]1CCCCC1. The van der Waals surface area contributed by atoms with Crippen molar-refractivity contribution in [3.05, 3.63) is 29.8 Å². The second-order valence-electron chi connectivity index (χ2n) is 6.26. The van der Waals surface area contributed by atoms with Gasteiger partial charge in [-0.05, 0) is 44.2 Å². The van der Waals surface area contributed by atoms with Crippen LogP contribution in [0.2, 0.25) is 0 Å². The molecule has 2 heterocycles. The Hall–Kier alpha value is -1.35. The number of fused-ring (bicyclic) bond motifs is 1. The van der Waals surface area contributed by atoms with E-state index in [1.54, 1.807) is 4.90 Å². The molecule has 0 unspecified atom stereocenters. The molecule has 1 atom stereocenters. The number of quaternary nitrogens is 1. The largest absolute Gasteiger partial charge is 0.335 e. The van der Waals surface area contributed by atoms with Crippen LogP contribution in [0, 0.1) is 0 Å². The highest BCUT2D eigenvalue weighted by atomic mass is 16.2. The lowest BCUT2D eigenvalue weighted by molar-refractivity contribution is -0.904. The van der Waals surface area contributed by atoms with Crippen molar-refractivity contribution in [2.75, 3.05) is 24.5 Å². The van der Waals surface area contributed by atoms with Crippen LogP contribution >= 0.6 is 0 Å². The minimum Gasteiger partial charge on any atom is -0.335 e. The second kappa shape index (κ2) is 5.96. The molecule has 1 saturated heterocycles. The van der Waals surface area contributed by atoms with E-state index in [2.05, 4.69) is 25.1 Å². The number of likely N-dealkylation sites (tertiary alicyclic amines) is 1. The molecule has 0 aromatic heterocycles. The molecule has 1 fully saturated rings. The molecule has 108 valence electrons. The highest BCUT2D eigenvalue weighted by Gasteiger charge is 2.30. The second-order valence-corrected chi connectivity index (χ2v) is 6.26. The van der Waals surface area contributed by atoms with Gasteiger partial charge in [0.1, 0.15) is 0 Å². The van der Waals surface area contributed by atoms with Crippen LogP contribution in [0.25, 0.3) is 0 Å². The molecule has 1 amide bonds. The maximum Gasteiger partial charge on any atom is 0.232 e. The summed E-state index contributed by atoms with van der Waals surface area (Å²) in [6.45, 7) is 5.66. The summed E-state index contributed by atoms with van der Waals surface area (Å²) in [7, 11) is 0. The molecule has 2 aliphatic heterocycles. The smallest absolute Gasteiger partial charge is 0.232 e. The van der Waals surface area contributed by atoms with E-state index in [-0.39, 0.29) is 0 Å². The summed E-state index contributed by atoms with van der Waals surface area (Å²) in [5.74, 6) is 0.306. The third kappa shape index (κ3) is 2.73. The third-order valence-corrected chi connectivity index (χ3v) is 4.73. The first kappa shape index (κ1) is 13.6. The first-order valence-corrected chi connectivity index (χ1v) is 7.99. The molecular weight excluding hydrogens is 248 g/mol. The zero-order valence-electron chi connectivity index (χ0n) is 12.4. The summed E-state index contributed by atoms with van der Waals surface area (Å²) in [5, 5.41) is 0. The zero-order valence-corrected chi connectivity index (χ0v) is 12.4. The van der Waals surface area contributed by atoms with E-state index in [1.165, 1.54) is 37.9 Å². The Morgan fingerprint density at radius 3 is 2.80 bits per heavy atom. The first-order chi connectivity index (χ1) is 9.75. The van der Waals surface area contributed by atoms with Gasteiger partial charge in [-0.25, -0.2) is 0 Å². The lowest BCUT2D eigenvalue weighted by atomic mass is 10.1. The van der Waals surface area contributed by atoms with E-state index in [9.17, 15) is 4.79 Å². The van der Waals surface area contributed by atoms with E-state index >= 15 is 0 Å². The van der Waals surface area contributed by atoms with Crippen molar-refractivity contribution in [2.45, 2.75) is 45.1 Å². The number of anilines is 1. The van der Waals surface area contributed by atoms with Gasteiger partial charge in [-0.3, -0.25) is 4.79 Å². The Kier molecular flexibility index (Phi) is 4.06. The van der Waals surface area contributed by atoms with Gasteiger partial charge in [-0.1, -0.05) is 18.2 Å². The van der Waals surface area contributed by atoms with E-state index in [0.717, 1.165) is 18.7 Å². The monoisotopic (exact) mass is 273 g/mol. The molecule has 0 aliphatic carbocycles. The maximum absolute atomic E-state index is 12.6. The van der Waals surface area contributed by atoms with Crippen molar-refractivity contribution in [2.24, 2.45) is 0 Å². The van der Waals surface area contributed by atoms with E-state index in [0.29, 0.717) is 18.4 Å². The molecule has 1 N–H and O–H groups in total. The average molecular weight is 273 g/mol. The van der Waals surface area contributed by atoms with Gasteiger partial charge < -0.3 is 9.80 Å². The van der Waals surface area contributed by atoms with Crippen LogP contribution in [0.15, 0.2) is 24.3 Å². The summed E-state index contributed by atoms with van der Waals surface area (Å²) < 4.78 is 0.